The minimum Gasteiger partial charge on any atom is -0.493 e. The van der Waals surface area contributed by atoms with Gasteiger partial charge in [0.2, 0.25) is 0 Å². The Labute approximate surface area is 260 Å². The zero-order valence-corrected chi connectivity index (χ0v) is 26.6. The van der Waals surface area contributed by atoms with E-state index in [4.69, 9.17) is 14.2 Å². The Morgan fingerprint density at radius 2 is 1.93 bits per heavy atom. The van der Waals surface area contributed by atoms with Gasteiger partial charge in [0.1, 0.15) is 5.69 Å². The van der Waals surface area contributed by atoms with Crippen molar-refractivity contribution in [3.05, 3.63) is 87.0 Å². The fourth-order valence-corrected chi connectivity index (χ4v) is 7.01. The number of carbonyl (C=O) groups excluding carboxylic acids is 1. The number of fused-ring (bicyclic) bond motifs is 1. The Morgan fingerprint density at radius 3 is 2.58 bits per heavy atom. The standard InChI is InChI=1S/C30H31BrN4O7S/c1-5-41-24-16-20(31)19(15-23(24)40-4)27-26(29(37)42-6-2)17(3)32-30-34(27)28(36)25(43-30)14-18-9-10-21(22(13-18)35(38)39)33-11-7-8-12-33/h9-10,13-16,27H,5-8,11-12H2,1-4H3/b25-14-/t27-/m1/s1. The molecular formula is C30H31BrN4O7S. The van der Waals surface area contributed by atoms with Crippen LogP contribution in [-0.2, 0) is 9.53 Å². The quantitative estimate of drug-likeness (QED) is 0.185. The monoisotopic (exact) mass is 670 g/mol. The number of nitro groups is 1. The van der Waals surface area contributed by atoms with Gasteiger partial charge >= 0.3 is 5.97 Å². The van der Waals surface area contributed by atoms with E-state index in [0.717, 1.165) is 37.3 Å². The van der Waals surface area contributed by atoms with Gasteiger partial charge in [0.15, 0.2) is 16.3 Å². The first-order chi connectivity index (χ1) is 20.7. The van der Waals surface area contributed by atoms with Crippen LogP contribution in [0, 0.1) is 10.1 Å². The molecule has 0 N–H and O–H groups in total. The Morgan fingerprint density at radius 1 is 1.19 bits per heavy atom. The number of anilines is 1. The number of thiazole rings is 1. The SMILES string of the molecule is CCOC(=O)C1=C(C)N=c2s/c(=C\c3ccc(N4CCCC4)c([N+](=O)[O-])c3)c(=O)n2[C@@H]1c1cc(OC)c(OCC)cc1Br. The number of halogens is 1. The number of benzene rings is 2. The maximum absolute atomic E-state index is 14.1. The van der Waals surface area contributed by atoms with Crippen LogP contribution in [0.25, 0.3) is 6.08 Å². The molecule has 2 aliphatic heterocycles. The number of nitrogens with zero attached hydrogens (tertiary/aromatic N) is 4. The maximum atomic E-state index is 14.1. The van der Waals surface area contributed by atoms with Gasteiger partial charge in [0, 0.05) is 23.6 Å². The molecule has 1 fully saturated rings. The van der Waals surface area contributed by atoms with Crippen LogP contribution in [0.3, 0.4) is 0 Å². The van der Waals surface area contributed by atoms with E-state index < -0.39 is 22.5 Å². The van der Waals surface area contributed by atoms with Crippen LogP contribution in [0.15, 0.2) is 55.9 Å². The summed E-state index contributed by atoms with van der Waals surface area (Å²) in [5.41, 5.74) is 1.91. The van der Waals surface area contributed by atoms with Crippen molar-refractivity contribution in [2.24, 2.45) is 4.99 Å². The number of methoxy groups -OCH3 is 1. The molecule has 0 spiro atoms. The van der Waals surface area contributed by atoms with Gasteiger partial charge in [-0.1, -0.05) is 33.3 Å². The molecular weight excluding hydrogens is 640 g/mol. The lowest BCUT2D eigenvalue weighted by Crippen LogP contribution is -2.40. The molecule has 0 bridgehead atoms. The van der Waals surface area contributed by atoms with Gasteiger partial charge in [-0.25, -0.2) is 9.79 Å². The molecule has 3 aromatic rings. The molecule has 1 aromatic heterocycles. The number of aromatic nitrogens is 1. The van der Waals surface area contributed by atoms with Crippen molar-refractivity contribution < 1.29 is 23.9 Å². The van der Waals surface area contributed by atoms with Crippen molar-refractivity contribution in [2.45, 2.75) is 39.7 Å². The summed E-state index contributed by atoms with van der Waals surface area (Å²) in [6.07, 6.45) is 3.61. The zero-order chi connectivity index (χ0) is 30.8. The van der Waals surface area contributed by atoms with Gasteiger partial charge in [0.05, 0.1) is 47.1 Å². The number of hydrogen-bond donors (Lipinski definition) is 0. The zero-order valence-electron chi connectivity index (χ0n) is 24.2. The van der Waals surface area contributed by atoms with E-state index in [-0.39, 0.29) is 17.9 Å². The highest BCUT2D eigenvalue weighted by Crippen LogP contribution is 2.41. The van der Waals surface area contributed by atoms with Crippen LogP contribution < -0.4 is 29.3 Å². The summed E-state index contributed by atoms with van der Waals surface area (Å²) in [6.45, 7) is 7.38. The third kappa shape index (κ3) is 5.83. The van der Waals surface area contributed by atoms with Gasteiger partial charge in [-0.2, -0.15) is 0 Å². The van der Waals surface area contributed by atoms with E-state index in [0.29, 0.717) is 54.4 Å². The molecule has 0 aliphatic carbocycles. The van der Waals surface area contributed by atoms with Crippen LogP contribution in [0.4, 0.5) is 11.4 Å². The van der Waals surface area contributed by atoms with Crippen molar-refractivity contribution in [3.8, 4) is 11.5 Å². The number of nitro benzene ring substituents is 1. The molecule has 43 heavy (non-hydrogen) atoms. The first-order valence-electron chi connectivity index (χ1n) is 13.9. The summed E-state index contributed by atoms with van der Waals surface area (Å²) in [4.78, 5) is 45.9. The first kappa shape index (κ1) is 30.5. The van der Waals surface area contributed by atoms with Crippen molar-refractivity contribution in [1.29, 1.82) is 0 Å². The van der Waals surface area contributed by atoms with Gasteiger partial charge in [-0.15, -0.1) is 0 Å². The fraction of sp³-hybridized carbons (Fsp3) is 0.367. The summed E-state index contributed by atoms with van der Waals surface area (Å²) < 4.78 is 19.1. The van der Waals surface area contributed by atoms with E-state index in [2.05, 4.69) is 20.9 Å². The summed E-state index contributed by atoms with van der Waals surface area (Å²) in [5, 5.41) is 12.0. The molecule has 1 saturated heterocycles. The van der Waals surface area contributed by atoms with Crippen LogP contribution in [0.2, 0.25) is 0 Å². The Bertz CT molecular complexity index is 1810. The van der Waals surface area contributed by atoms with Crippen molar-refractivity contribution >= 4 is 50.7 Å². The molecule has 1 atom stereocenters. The van der Waals surface area contributed by atoms with Crippen LogP contribution >= 0.6 is 27.3 Å². The Hall–Kier alpha value is -3.97. The highest BCUT2D eigenvalue weighted by atomic mass is 79.9. The third-order valence-corrected chi connectivity index (χ3v) is 9.00. The smallest absolute Gasteiger partial charge is 0.338 e. The largest absolute Gasteiger partial charge is 0.493 e. The molecule has 2 aliphatic rings. The van der Waals surface area contributed by atoms with Crippen molar-refractivity contribution in [2.75, 3.05) is 38.3 Å². The van der Waals surface area contributed by atoms with E-state index in [1.807, 2.05) is 11.8 Å². The van der Waals surface area contributed by atoms with Gasteiger partial charge < -0.3 is 19.1 Å². The number of esters is 1. The lowest BCUT2D eigenvalue weighted by atomic mass is 9.95. The van der Waals surface area contributed by atoms with Crippen molar-refractivity contribution in [3.63, 3.8) is 0 Å². The topological polar surface area (TPSA) is 126 Å². The first-order valence-corrected chi connectivity index (χ1v) is 15.5. The maximum Gasteiger partial charge on any atom is 0.338 e. The molecule has 0 saturated carbocycles. The molecule has 13 heteroatoms. The predicted molar refractivity (Wildman–Crippen MR) is 167 cm³/mol. The molecule has 0 amide bonds. The van der Waals surface area contributed by atoms with Crippen LogP contribution in [0.5, 0.6) is 11.5 Å². The van der Waals surface area contributed by atoms with Gasteiger partial charge in [-0.05, 0) is 69.0 Å². The molecule has 0 radical (unpaired) electrons. The van der Waals surface area contributed by atoms with E-state index >= 15 is 0 Å². The van der Waals surface area contributed by atoms with Crippen LogP contribution in [0.1, 0.15) is 50.8 Å². The lowest BCUT2D eigenvalue weighted by molar-refractivity contribution is -0.384. The summed E-state index contributed by atoms with van der Waals surface area (Å²) in [6, 6.07) is 7.60. The van der Waals surface area contributed by atoms with Crippen LogP contribution in [-0.4, -0.2) is 48.9 Å². The second-order valence-electron chi connectivity index (χ2n) is 9.96. The summed E-state index contributed by atoms with van der Waals surface area (Å²) >= 11 is 4.76. The number of hydrogen-bond acceptors (Lipinski definition) is 10. The van der Waals surface area contributed by atoms with E-state index in [1.54, 1.807) is 44.2 Å². The average molecular weight is 672 g/mol. The molecule has 11 nitrogen and oxygen atoms in total. The highest BCUT2D eigenvalue weighted by molar-refractivity contribution is 9.10. The second-order valence-corrected chi connectivity index (χ2v) is 11.8. The number of carbonyl (C=O) groups is 1. The molecule has 5 rings (SSSR count). The minimum atomic E-state index is -0.886. The third-order valence-electron chi connectivity index (χ3n) is 7.34. The summed E-state index contributed by atoms with van der Waals surface area (Å²) in [5.74, 6) is 0.353. The van der Waals surface area contributed by atoms with Gasteiger partial charge in [0.25, 0.3) is 11.2 Å². The number of allylic oxidation sites excluding steroid dienone is 1. The number of rotatable bonds is 9. The molecule has 2 aromatic carbocycles. The Balaban J connectivity index is 1.69. The molecule has 3 heterocycles. The molecule has 226 valence electrons. The normalized spacial score (nSPS) is 16.6. The summed E-state index contributed by atoms with van der Waals surface area (Å²) in [7, 11) is 1.52. The molecule has 0 unspecified atom stereocenters. The lowest BCUT2D eigenvalue weighted by Gasteiger charge is -2.26. The predicted octanol–water partition coefficient (Wildman–Crippen LogP) is 4.48. The van der Waals surface area contributed by atoms with E-state index in [9.17, 15) is 19.7 Å². The highest BCUT2D eigenvalue weighted by Gasteiger charge is 2.35. The second kappa shape index (κ2) is 12.7. The van der Waals surface area contributed by atoms with Gasteiger partial charge in [-0.3, -0.25) is 19.5 Å². The average Bonchev–Trinajstić information content (AvgIpc) is 3.61. The number of ether oxygens (including phenoxy) is 3. The Kier molecular flexibility index (Phi) is 9.02. The van der Waals surface area contributed by atoms with E-state index in [1.165, 1.54) is 17.7 Å². The fourth-order valence-electron chi connectivity index (χ4n) is 5.43. The van der Waals surface area contributed by atoms with Crippen molar-refractivity contribution in [1.82, 2.24) is 4.57 Å². The minimum absolute atomic E-state index is 0.00726.